The molecule has 0 unspecified atom stereocenters. The van der Waals surface area contributed by atoms with Crippen LogP contribution in [0.3, 0.4) is 0 Å². The molecule has 29 heavy (non-hydrogen) atoms. The zero-order chi connectivity index (χ0) is 20.0. The van der Waals surface area contributed by atoms with Gasteiger partial charge in [-0.2, -0.15) is 0 Å². The van der Waals surface area contributed by atoms with Crippen LogP contribution < -0.4 is 10.6 Å². The maximum atomic E-state index is 12.7. The second-order valence-electron chi connectivity index (χ2n) is 7.69. The molecular weight excluding hydrogens is 481 g/mol. The first-order valence-electron chi connectivity index (χ1n) is 10.0. The number of hydrogen-bond acceptors (Lipinski definition) is 4. The highest BCUT2D eigenvalue weighted by Crippen LogP contribution is 2.38. The quantitative estimate of drug-likeness (QED) is 0.256. The normalized spacial score (nSPS) is 15.8. The summed E-state index contributed by atoms with van der Waals surface area (Å²) in [5.74, 6) is 1.91. The number of carbonyl (C=O) groups is 1. The van der Waals surface area contributed by atoms with Crippen LogP contribution in [0, 0.1) is 5.41 Å². The summed E-state index contributed by atoms with van der Waals surface area (Å²) in [5.41, 5.74) is 0.567. The van der Waals surface area contributed by atoms with Crippen LogP contribution in [0.15, 0.2) is 29.4 Å². The van der Waals surface area contributed by atoms with Gasteiger partial charge in [-0.3, -0.25) is 14.2 Å². The molecular formula is C20H32IN7O. The number of aromatic nitrogens is 3. The van der Waals surface area contributed by atoms with Gasteiger partial charge < -0.3 is 15.5 Å². The number of nitrogens with one attached hydrogen (secondary N) is 2. The van der Waals surface area contributed by atoms with Gasteiger partial charge in [0.1, 0.15) is 5.82 Å². The van der Waals surface area contributed by atoms with E-state index < -0.39 is 0 Å². The van der Waals surface area contributed by atoms with E-state index in [1.165, 1.54) is 0 Å². The highest BCUT2D eigenvalue weighted by molar-refractivity contribution is 14.0. The van der Waals surface area contributed by atoms with Crippen molar-refractivity contribution in [2.45, 2.75) is 38.5 Å². The Bertz CT molecular complexity index is 827. The van der Waals surface area contributed by atoms with Gasteiger partial charge in [0.05, 0.1) is 5.41 Å². The largest absolute Gasteiger partial charge is 0.356 e. The summed E-state index contributed by atoms with van der Waals surface area (Å²) in [5, 5.41) is 15.2. The number of guanidine groups is 1. The van der Waals surface area contributed by atoms with E-state index >= 15 is 0 Å². The SMILES string of the molecule is CN=C(NCCCc1nnc2ccccn12)NCC1(C(=O)N(C)C)CCCC1.I. The molecule has 3 rings (SSSR count). The average Bonchev–Trinajstić information content (AvgIpc) is 3.35. The Kier molecular flexibility index (Phi) is 8.66. The smallest absolute Gasteiger partial charge is 0.230 e. The van der Waals surface area contributed by atoms with E-state index in [-0.39, 0.29) is 35.3 Å². The van der Waals surface area contributed by atoms with Crippen LogP contribution in [0.2, 0.25) is 0 Å². The summed E-state index contributed by atoms with van der Waals surface area (Å²) in [7, 11) is 5.43. The molecule has 1 fully saturated rings. The van der Waals surface area contributed by atoms with Crippen LogP contribution in [0.5, 0.6) is 0 Å². The van der Waals surface area contributed by atoms with Crippen LogP contribution in [-0.4, -0.2) is 65.6 Å². The summed E-state index contributed by atoms with van der Waals surface area (Å²) in [6.45, 7) is 1.40. The summed E-state index contributed by atoms with van der Waals surface area (Å²) < 4.78 is 2.02. The van der Waals surface area contributed by atoms with Crippen molar-refractivity contribution in [3.8, 4) is 0 Å². The van der Waals surface area contributed by atoms with E-state index in [9.17, 15) is 4.79 Å². The molecule has 2 aromatic heterocycles. The highest BCUT2D eigenvalue weighted by atomic mass is 127. The van der Waals surface area contributed by atoms with Gasteiger partial charge >= 0.3 is 0 Å². The molecule has 0 spiro atoms. The lowest BCUT2D eigenvalue weighted by Gasteiger charge is -2.31. The van der Waals surface area contributed by atoms with Crippen molar-refractivity contribution in [1.82, 2.24) is 30.1 Å². The Morgan fingerprint density at radius 2 is 2.00 bits per heavy atom. The third-order valence-corrected chi connectivity index (χ3v) is 5.49. The summed E-state index contributed by atoms with van der Waals surface area (Å²) in [6, 6.07) is 5.90. The van der Waals surface area contributed by atoms with Gasteiger partial charge in [0.2, 0.25) is 5.91 Å². The van der Waals surface area contributed by atoms with Crippen LogP contribution in [0.25, 0.3) is 5.65 Å². The molecule has 1 saturated carbocycles. The third kappa shape index (κ3) is 5.58. The lowest BCUT2D eigenvalue weighted by molar-refractivity contribution is -0.138. The molecule has 1 aliphatic carbocycles. The van der Waals surface area contributed by atoms with Gasteiger partial charge in [-0.15, -0.1) is 34.2 Å². The summed E-state index contributed by atoms with van der Waals surface area (Å²) >= 11 is 0. The second kappa shape index (κ2) is 10.7. The topological polar surface area (TPSA) is 86.9 Å². The molecule has 1 amide bonds. The first kappa shape index (κ1) is 23.4. The third-order valence-electron chi connectivity index (χ3n) is 5.49. The van der Waals surface area contributed by atoms with Crippen molar-refractivity contribution in [2.24, 2.45) is 10.4 Å². The Balaban J connectivity index is 0.00000300. The molecule has 0 bridgehead atoms. The number of hydrogen-bond donors (Lipinski definition) is 2. The van der Waals surface area contributed by atoms with Crippen LogP contribution >= 0.6 is 24.0 Å². The van der Waals surface area contributed by atoms with Gasteiger partial charge in [-0.1, -0.05) is 18.9 Å². The van der Waals surface area contributed by atoms with E-state index in [1.54, 1.807) is 11.9 Å². The molecule has 0 aliphatic heterocycles. The lowest BCUT2D eigenvalue weighted by Crippen LogP contribution is -2.49. The fourth-order valence-corrected chi connectivity index (χ4v) is 3.98. The molecule has 1 aliphatic rings. The number of carbonyl (C=O) groups excluding carboxylic acids is 1. The van der Waals surface area contributed by atoms with Crippen molar-refractivity contribution >= 4 is 41.5 Å². The minimum atomic E-state index is -0.304. The number of aryl methyl sites for hydroxylation is 1. The first-order valence-corrected chi connectivity index (χ1v) is 10.0. The lowest BCUT2D eigenvalue weighted by atomic mass is 9.84. The Hall–Kier alpha value is -1.91. The zero-order valence-electron chi connectivity index (χ0n) is 17.5. The number of fused-ring (bicyclic) bond motifs is 1. The molecule has 8 nitrogen and oxygen atoms in total. The predicted molar refractivity (Wildman–Crippen MR) is 126 cm³/mol. The molecule has 160 valence electrons. The van der Waals surface area contributed by atoms with Crippen LogP contribution in [0.1, 0.15) is 37.9 Å². The molecule has 0 radical (unpaired) electrons. The zero-order valence-corrected chi connectivity index (χ0v) is 19.8. The van der Waals surface area contributed by atoms with Crippen LogP contribution in [-0.2, 0) is 11.2 Å². The number of rotatable bonds is 7. The summed E-state index contributed by atoms with van der Waals surface area (Å²) in [4.78, 5) is 18.7. The van der Waals surface area contributed by atoms with Gasteiger partial charge in [-0.25, -0.2) is 0 Å². The number of pyridine rings is 1. The fraction of sp³-hybridized carbons (Fsp3) is 0.600. The maximum absolute atomic E-state index is 12.7. The highest BCUT2D eigenvalue weighted by Gasteiger charge is 2.42. The monoisotopic (exact) mass is 513 g/mol. The second-order valence-corrected chi connectivity index (χ2v) is 7.69. The number of halogens is 1. The van der Waals surface area contributed by atoms with E-state index in [0.717, 1.165) is 62.5 Å². The van der Waals surface area contributed by atoms with E-state index in [2.05, 4.69) is 25.8 Å². The molecule has 0 saturated heterocycles. The van der Waals surface area contributed by atoms with Crippen molar-refractivity contribution in [2.75, 3.05) is 34.2 Å². The predicted octanol–water partition coefficient (Wildman–Crippen LogP) is 2.09. The van der Waals surface area contributed by atoms with E-state index in [4.69, 9.17) is 0 Å². The van der Waals surface area contributed by atoms with Crippen molar-refractivity contribution in [3.05, 3.63) is 30.2 Å². The molecule has 2 heterocycles. The average molecular weight is 513 g/mol. The number of nitrogens with zero attached hydrogens (tertiary/aromatic N) is 5. The molecule has 0 atom stereocenters. The first-order chi connectivity index (χ1) is 13.6. The van der Waals surface area contributed by atoms with Crippen molar-refractivity contribution in [3.63, 3.8) is 0 Å². The van der Waals surface area contributed by atoms with Gasteiger partial charge in [0.15, 0.2) is 11.6 Å². The van der Waals surface area contributed by atoms with Crippen LogP contribution in [0.4, 0.5) is 0 Å². The van der Waals surface area contributed by atoms with Crippen molar-refractivity contribution in [1.29, 1.82) is 0 Å². The fourth-order valence-electron chi connectivity index (χ4n) is 3.98. The molecule has 9 heteroatoms. The van der Waals surface area contributed by atoms with Gasteiger partial charge in [-0.05, 0) is 31.4 Å². The van der Waals surface area contributed by atoms with Crippen molar-refractivity contribution < 1.29 is 4.79 Å². The maximum Gasteiger partial charge on any atom is 0.230 e. The Labute approximate surface area is 189 Å². The molecule has 2 aromatic rings. The minimum absolute atomic E-state index is 0. The van der Waals surface area contributed by atoms with E-state index in [0.29, 0.717) is 6.54 Å². The number of amides is 1. The molecule has 0 aromatic carbocycles. The van der Waals surface area contributed by atoms with Gasteiger partial charge in [0, 0.05) is 46.9 Å². The molecule has 2 N–H and O–H groups in total. The Morgan fingerprint density at radius 1 is 1.24 bits per heavy atom. The Morgan fingerprint density at radius 3 is 2.69 bits per heavy atom. The van der Waals surface area contributed by atoms with E-state index in [1.807, 2.05) is 42.9 Å². The summed E-state index contributed by atoms with van der Waals surface area (Å²) in [6.07, 6.45) is 7.83. The standard InChI is InChI=1S/C20H31N7O.HI/c1-21-19(23-15-20(11-5-6-12-20)18(28)26(2)3)22-13-8-10-17-25-24-16-9-4-7-14-27(16)17;/h4,7,9,14H,5-6,8,10-13,15H2,1-3H3,(H2,21,22,23);1H. The minimum Gasteiger partial charge on any atom is -0.356 e. The number of aliphatic imine (C=N–C) groups is 1. The van der Waals surface area contributed by atoms with Gasteiger partial charge in [0.25, 0.3) is 0 Å².